The fourth-order valence-corrected chi connectivity index (χ4v) is 1.99. The Morgan fingerprint density at radius 2 is 2.05 bits per heavy atom. The molecular weight excluding hydrogens is 244 g/mol. The lowest BCUT2D eigenvalue weighted by Gasteiger charge is -2.14. The Labute approximate surface area is 111 Å². The zero-order chi connectivity index (χ0) is 14.2. The van der Waals surface area contributed by atoms with Gasteiger partial charge in [-0.15, -0.1) is 0 Å². The zero-order valence-electron chi connectivity index (χ0n) is 11.5. The summed E-state index contributed by atoms with van der Waals surface area (Å²) >= 11 is 0. The van der Waals surface area contributed by atoms with Crippen LogP contribution in [0, 0.1) is 0 Å². The van der Waals surface area contributed by atoms with Gasteiger partial charge >= 0.3 is 5.97 Å². The highest BCUT2D eigenvalue weighted by Gasteiger charge is 2.17. The minimum absolute atomic E-state index is 0.0467. The molecule has 0 aliphatic rings. The van der Waals surface area contributed by atoms with Crippen molar-refractivity contribution in [3.63, 3.8) is 0 Å². The number of hydrogen-bond donors (Lipinski definition) is 1. The summed E-state index contributed by atoms with van der Waals surface area (Å²) < 4.78 is 7.12. The van der Waals surface area contributed by atoms with Crippen LogP contribution in [0.4, 0.5) is 0 Å². The quantitative estimate of drug-likeness (QED) is 0.920. The van der Waals surface area contributed by atoms with Crippen LogP contribution >= 0.6 is 0 Å². The zero-order valence-corrected chi connectivity index (χ0v) is 11.5. The number of carboxylic acids is 1. The number of pyridine rings is 1. The average molecular weight is 262 g/mol. The summed E-state index contributed by atoms with van der Waals surface area (Å²) in [6.45, 7) is 6.11. The first kappa shape index (κ1) is 13.5. The third-order valence-electron chi connectivity index (χ3n) is 3.28. The van der Waals surface area contributed by atoms with Crippen molar-refractivity contribution in [2.45, 2.75) is 32.8 Å². The third-order valence-corrected chi connectivity index (χ3v) is 3.28. The molecule has 0 fully saturated rings. The van der Waals surface area contributed by atoms with Crippen molar-refractivity contribution in [1.29, 1.82) is 0 Å². The summed E-state index contributed by atoms with van der Waals surface area (Å²) in [7, 11) is 1.63. The van der Waals surface area contributed by atoms with Gasteiger partial charge in [0.25, 0.3) is 0 Å². The second-order valence-electron chi connectivity index (χ2n) is 4.92. The van der Waals surface area contributed by atoms with E-state index in [-0.39, 0.29) is 11.8 Å². The summed E-state index contributed by atoms with van der Waals surface area (Å²) in [5, 5.41) is 9.04. The largest absolute Gasteiger partial charge is 0.476 e. The highest BCUT2D eigenvalue weighted by atomic mass is 16.5. The molecule has 0 saturated carbocycles. The van der Waals surface area contributed by atoms with E-state index in [2.05, 4.69) is 18.8 Å². The van der Waals surface area contributed by atoms with E-state index < -0.39 is 5.97 Å². The summed E-state index contributed by atoms with van der Waals surface area (Å²) in [6, 6.07) is 2.03. The Morgan fingerprint density at radius 1 is 1.37 bits per heavy atom. The normalized spacial score (nSPS) is 13.1. The molecule has 0 aliphatic heterocycles. The summed E-state index contributed by atoms with van der Waals surface area (Å²) in [4.78, 5) is 15.2. The second kappa shape index (κ2) is 5.01. The van der Waals surface area contributed by atoms with Crippen molar-refractivity contribution < 1.29 is 14.6 Å². The molecule has 0 aromatic carbocycles. The Bertz CT molecular complexity index is 616. The van der Waals surface area contributed by atoms with Gasteiger partial charge in [-0.05, 0) is 24.5 Å². The summed E-state index contributed by atoms with van der Waals surface area (Å²) in [5.74, 6) is -0.672. The first-order chi connectivity index (χ1) is 8.93. The minimum atomic E-state index is -1.02. The number of aromatic nitrogens is 2. The van der Waals surface area contributed by atoms with E-state index in [1.54, 1.807) is 11.5 Å². The molecule has 2 rings (SSSR count). The van der Waals surface area contributed by atoms with Crippen molar-refractivity contribution in [3.05, 3.63) is 35.3 Å². The number of imidazole rings is 1. The van der Waals surface area contributed by atoms with Gasteiger partial charge in [-0.2, -0.15) is 0 Å². The van der Waals surface area contributed by atoms with Crippen LogP contribution in [0.15, 0.2) is 18.5 Å². The molecule has 0 saturated heterocycles. The number of aromatic carboxylic acids is 1. The summed E-state index contributed by atoms with van der Waals surface area (Å²) in [5.41, 5.74) is 2.71. The predicted molar refractivity (Wildman–Crippen MR) is 71.7 cm³/mol. The van der Waals surface area contributed by atoms with E-state index in [1.807, 2.05) is 19.2 Å². The van der Waals surface area contributed by atoms with Crippen LogP contribution in [0.2, 0.25) is 0 Å². The number of methoxy groups -OCH3 is 1. The number of rotatable bonds is 4. The Balaban J connectivity index is 2.70. The van der Waals surface area contributed by atoms with Crippen LogP contribution in [-0.2, 0) is 4.74 Å². The Morgan fingerprint density at radius 3 is 2.58 bits per heavy atom. The molecule has 2 aromatic heterocycles. The molecule has 0 aliphatic carbocycles. The number of hydrogen-bond acceptors (Lipinski definition) is 3. The Kier molecular flexibility index (Phi) is 3.57. The van der Waals surface area contributed by atoms with Gasteiger partial charge in [-0.1, -0.05) is 13.8 Å². The van der Waals surface area contributed by atoms with Gasteiger partial charge in [0.2, 0.25) is 0 Å². The standard InChI is InChI=1S/C14H18N2O3/c1-8(2)10-5-11(9(3)19-4)13-15-12(14(17)18)7-16(13)6-10/h5-9H,1-4H3,(H,17,18). The molecular formula is C14H18N2O3. The molecule has 102 valence electrons. The highest BCUT2D eigenvalue weighted by molar-refractivity contribution is 5.86. The molecule has 0 bridgehead atoms. The van der Waals surface area contributed by atoms with Gasteiger partial charge in [-0.25, -0.2) is 9.78 Å². The SMILES string of the molecule is COC(C)c1cc(C(C)C)cn2cc(C(=O)O)nc12. The summed E-state index contributed by atoms with van der Waals surface area (Å²) in [6.07, 6.45) is 3.33. The lowest BCUT2D eigenvalue weighted by Crippen LogP contribution is -2.03. The van der Waals surface area contributed by atoms with Gasteiger partial charge in [0.15, 0.2) is 5.69 Å². The average Bonchev–Trinajstić information content (AvgIpc) is 2.80. The number of ether oxygens (including phenoxy) is 1. The maximum absolute atomic E-state index is 11.0. The van der Waals surface area contributed by atoms with Gasteiger partial charge in [0.05, 0.1) is 6.10 Å². The monoisotopic (exact) mass is 262 g/mol. The van der Waals surface area contributed by atoms with Crippen molar-refractivity contribution in [2.75, 3.05) is 7.11 Å². The van der Waals surface area contributed by atoms with Crippen LogP contribution in [0.25, 0.3) is 5.65 Å². The molecule has 2 heterocycles. The molecule has 1 atom stereocenters. The highest BCUT2D eigenvalue weighted by Crippen LogP contribution is 2.26. The first-order valence-corrected chi connectivity index (χ1v) is 6.22. The topological polar surface area (TPSA) is 63.8 Å². The fourth-order valence-electron chi connectivity index (χ4n) is 1.99. The number of carbonyl (C=O) groups is 1. The maximum Gasteiger partial charge on any atom is 0.356 e. The molecule has 19 heavy (non-hydrogen) atoms. The van der Waals surface area contributed by atoms with Crippen molar-refractivity contribution >= 4 is 11.6 Å². The second-order valence-corrected chi connectivity index (χ2v) is 4.92. The van der Waals surface area contributed by atoms with E-state index >= 15 is 0 Å². The van der Waals surface area contributed by atoms with Gasteiger partial charge in [0, 0.05) is 25.1 Å². The van der Waals surface area contributed by atoms with Gasteiger partial charge in [0.1, 0.15) is 5.65 Å². The van der Waals surface area contributed by atoms with E-state index in [4.69, 9.17) is 9.84 Å². The fraction of sp³-hybridized carbons (Fsp3) is 0.429. The lowest BCUT2D eigenvalue weighted by atomic mass is 10.0. The molecule has 0 spiro atoms. The smallest absolute Gasteiger partial charge is 0.356 e. The van der Waals surface area contributed by atoms with E-state index in [9.17, 15) is 4.79 Å². The van der Waals surface area contributed by atoms with Crippen LogP contribution in [0.3, 0.4) is 0 Å². The number of nitrogens with zero attached hydrogens (tertiary/aromatic N) is 2. The molecule has 1 N–H and O–H groups in total. The van der Waals surface area contributed by atoms with E-state index in [0.717, 1.165) is 11.1 Å². The van der Waals surface area contributed by atoms with Gasteiger partial charge in [-0.3, -0.25) is 0 Å². The third kappa shape index (κ3) is 2.46. The van der Waals surface area contributed by atoms with Crippen molar-refractivity contribution in [1.82, 2.24) is 9.38 Å². The van der Waals surface area contributed by atoms with E-state index in [1.165, 1.54) is 6.20 Å². The molecule has 5 heteroatoms. The molecule has 5 nitrogen and oxygen atoms in total. The van der Waals surface area contributed by atoms with E-state index in [0.29, 0.717) is 11.6 Å². The number of carboxylic acid groups (broad SMARTS) is 1. The van der Waals surface area contributed by atoms with Crippen LogP contribution in [0.5, 0.6) is 0 Å². The molecule has 1 unspecified atom stereocenters. The predicted octanol–water partition coefficient (Wildman–Crippen LogP) is 2.86. The number of fused-ring (bicyclic) bond motifs is 1. The Hall–Kier alpha value is -1.88. The molecule has 2 aromatic rings. The minimum Gasteiger partial charge on any atom is -0.476 e. The van der Waals surface area contributed by atoms with Crippen molar-refractivity contribution in [2.24, 2.45) is 0 Å². The van der Waals surface area contributed by atoms with Gasteiger partial charge < -0.3 is 14.2 Å². The van der Waals surface area contributed by atoms with Crippen LogP contribution in [-0.4, -0.2) is 27.6 Å². The van der Waals surface area contributed by atoms with Crippen LogP contribution < -0.4 is 0 Å². The maximum atomic E-state index is 11.0. The lowest BCUT2D eigenvalue weighted by molar-refractivity contribution is 0.0691. The van der Waals surface area contributed by atoms with Crippen LogP contribution in [0.1, 0.15) is 54.4 Å². The molecule has 0 amide bonds. The first-order valence-electron chi connectivity index (χ1n) is 6.22. The molecule has 0 radical (unpaired) electrons. The van der Waals surface area contributed by atoms with Crippen molar-refractivity contribution in [3.8, 4) is 0 Å².